The SMILES string of the molecule is O=Cc1cccc(NC(=O)c2cccc(Br)c2Cl)c1. The third-order valence-corrected chi connectivity index (χ3v) is 3.77. The highest BCUT2D eigenvalue weighted by Crippen LogP contribution is 2.26. The number of anilines is 1. The molecular weight excluding hydrogens is 330 g/mol. The average Bonchev–Trinajstić information content (AvgIpc) is 2.42. The molecule has 2 rings (SSSR count). The number of benzene rings is 2. The van der Waals surface area contributed by atoms with E-state index in [0.29, 0.717) is 26.3 Å². The molecule has 0 aliphatic rings. The lowest BCUT2D eigenvalue weighted by Gasteiger charge is -2.08. The highest BCUT2D eigenvalue weighted by molar-refractivity contribution is 9.10. The van der Waals surface area contributed by atoms with Crippen molar-refractivity contribution in [2.24, 2.45) is 0 Å². The Morgan fingerprint density at radius 3 is 2.68 bits per heavy atom. The van der Waals surface area contributed by atoms with Crippen LogP contribution in [0.3, 0.4) is 0 Å². The Labute approximate surface area is 123 Å². The van der Waals surface area contributed by atoms with E-state index in [4.69, 9.17) is 11.6 Å². The van der Waals surface area contributed by atoms with Crippen molar-refractivity contribution < 1.29 is 9.59 Å². The van der Waals surface area contributed by atoms with Gasteiger partial charge in [-0.15, -0.1) is 0 Å². The van der Waals surface area contributed by atoms with Gasteiger partial charge < -0.3 is 5.32 Å². The van der Waals surface area contributed by atoms with E-state index in [1.165, 1.54) is 0 Å². The van der Waals surface area contributed by atoms with Crippen molar-refractivity contribution in [3.8, 4) is 0 Å². The van der Waals surface area contributed by atoms with Gasteiger partial charge in [-0.05, 0) is 40.2 Å². The van der Waals surface area contributed by atoms with Crippen LogP contribution in [0.2, 0.25) is 5.02 Å². The Hall–Kier alpha value is -1.65. The summed E-state index contributed by atoms with van der Waals surface area (Å²) in [5.74, 6) is -0.325. The van der Waals surface area contributed by atoms with E-state index in [1.54, 1.807) is 42.5 Å². The van der Waals surface area contributed by atoms with Crippen LogP contribution >= 0.6 is 27.5 Å². The van der Waals surface area contributed by atoms with E-state index in [0.717, 1.165) is 6.29 Å². The number of hydrogen-bond acceptors (Lipinski definition) is 2. The van der Waals surface area contributed by atoms with E-state index in [-0.39, 0.29) is 5.91 Å². The van der Waals surface area contributed by atoms with Crippen molar-refractivity contribution >= 4 is 45.4 Å². The molecule has 0 bridgehead atoms. The van der Waals surface area contributed by atoms with Crippen molar-refractivity contribution in [1.29, 1.82) is 0 Å². The van der Waals surface area contributed by atoms with Crippen molar-refractivity contribution in [3.63, 3.8) is 0 Å². The smallest absolute Gasteiger partial charge is 0.257 e. The van der Waals surface area contributed by atoms with Gasteiger partial charge in [0.25, 0.3) is 5.91 Å². The first-order valence-electron chi connectivity index (χ1n) is 5.42. The summed E-state index contributed by atoms with van der Waals surface area (Å²) in [4.78, 5) is 22.8. The monoisotopic (exact) mass is 337 g/mol. The molecule has 0 saturated carbocycles. The Morgan fingerprint density at radius 2 is 1.95 bits per heavy atom. The molecule has 3 nitrogen and oxygen atoms in total. The first-order valence-corrected chi connectivity index (χ1v) is 6.59. The zero-order chi connectivity index (χ0) is 13.8. The summed E-state index contributed by atoms with van der Waals surface area (Å²) < 4.78 is 0.656. The van der Waals surface area contributed by atoms with Gasteiger partial charge in [-0.1, -0.05) is 29.8 Å². The van der Waals surface area contributed by atoms with Crippen LogP contribution < -0.4 is 5.32 Å². The minimum atomic E-state index is -0.325. The highest BCUT2D eigenvalue weighted by atomic mass is 79.9. The quantitative estimate of drug-likeness (QED) is 0.854. The molecule has 0 fully saturated rings. The molecule has 0 heterocycles. The first-order chi connectivity index (χ1) is 9.11. The standard InChI is InChI=1S/C14H9BrClNO2/c15-12-6-2-5-11(13(12)16)14(19)17-10-4-1-3-9(7-10)8-18/h1-8H,(H,17,19). The molecule has 0 spiro atoms. The van der Waals surface area contributed by atoms with Crippen LogP contribution in [0.1, 0.15) is 20.7 Å². The lowest BCUT2D eigenvalue weighted by atomic mass is 10.2. The molecule has 0 aliphatic carbocycles. The van der Waals surface area contributed by atoms with Gasteiger partial charge in [0.1, 0.15) is 6.29 Å². The van der Waals surface area contributed by atoms with Gasteiger partial charge in [0.05, 0.1) is 10.6 Å². The summed E-state index contributed by atoms with van der Waals surface area (Å²) in [5, 5.41) is 3.05. The van der Waals surface area contributed by atoms with Crippen LogP contribution in [0.15, 0.2) is 46.9 Å². The molecule has 2 aromatic carbocycles. The number of aldehydes is 1. The molecule has 0 aromatic heterocycles. The Bertz CT molecular complexity index is 643. The Kier molecular flexibility index (Phi) is 4.35. The van der Waals surface area contributed by atoms with Crippen LogP contribution in [0.25, 0.3) is 0 Å². The summed E-state index contributed by atoms with van der Waals surface area (Å²) in [6, 6.07) is 11.8. The van der Waals surface area contributed by atoms with Crippen molar-refractivity contribution in [2.45, 2.75) is 0 Å². The lowest BCUT2D eigenvalue weighted by molar-refractivity contribution is 0.102. The summed E-state index contributed by atoms with van der Waals surface area (Å²) in [6.07, 6.45) is 0.724. The van der Waals surface area contributed by atoms with Gasteiger partial charge in [-0.25, -0.2) is 0 Å². The number of nitrogens with one attached hydrogen (secondary N) is 1. The maximum atomic E-state index is 12.1. The summed E-state index contributed by atoms with van der Waals surface area (Å²) >= 11 is 9.31. The average molecular weight is 339 g/mol. The maximum absolute atomic E-state index is 12.1. The van der Waals surface area contributed by atoms with Crippen LogP contribution in [-0.2, 0) is 0 Å². The number of rotatable bonds is 3. The molecule has 0 aliphatic heterocycles. The third kappa shape index (κ3) is 3.22. The molecule has 0 unspecified atom stereocenters. The van der Waals surface area contributed by atoms with Gasteiger partial charge in [0.15, 0.2) is 0 Å². The fourth-order valence-corrected chi connectivity index (χ4v) is 2.15. The van der Waals surface area contributed by atoms with Crippen molar-refractivity contribution in [1.82, 2.24) is 0 Å². The zero-order valence-corrected chi connectivity index (χ0v) is 12.0. The van der Waals surface area contributed by atoms with Crippen molar-refractivity contribution in [3.05, 3.63) is 63.1 Å². The third-order valence-electron chi connectivity index (χ3n) is 2.48. The summed E-state index contributed by atoms with van der Waals surface area (Å²) in [5.41, 5.74) is 1.41. The van der Waals surface area contributed by atoms with Gasteiger partial charge in [-0.3, -0.25) is 9.59 Å². The molecule has 1 N–H and O–H groups in total. The molecule has 1 amide bonds. The van der Waals surface area contributed by atoms with Crippen molar-refractivity contribution in [2.75, 3.05) is 5.32 Å². The predicted octanol–water partition coefficient (Wildman–Crippen LogP) is 4.17. The van der Waals surface area contributed by atoms with Crippen LogP contribution in [0.4, 0.5) is 5.69 Å². The largest absolute Gasteiger partial charge is 0.322 e. The Balaban J connectivity index is 2.25. The number of amides is 1. The summed E-state index contributed by atoms with van der Waals surface area (Å²) in [6.45, 7) is 0. The van der Waals surface area contributed by atoms with Crippen LogP contribution in [0.5, 0.6) is 0 Å². The van der Waals surface area contributed by atoms with E-state index >= 15 is 0 Å². The molecular formula is C14H9BrClNO2. The second kappa shape index (κ2) is 5.99. The van der Waals surface area contributed by atoms with E-state index in [2.05, 4.69) is 21.2 Å². The van der Waals surface area contributed by atoms with Gasteiger partial charge >= 0.3 is 0 Å². The normalized spacial score (nSPS) is 10.0. The second-order valence-electron chi connectivity index (χ2n) is 3.80. The van der Waals surface area contributed by atoms with E-state index in [9.17, 15) is 9.59 Å². The molecule has 0 atom stereocenters. The van der Waals surface area contributed by atoms with Crippen LogP contribution in [0, 0.1) is 0 Å². The molecule has 2 aromatic rings. The van der Waals surface area contributed by atoms with E-state index < -0.39 is 0 Å². The van der Waals surface area contributed by atoms with E-state index in [1.807, 2.05) is 0 Å². The molecule has 0 radical (unpaired) electrons. The molecule has 0 saturated heterocycles. The fraction of sp³-hybridized carbons (Fsp3) is 0. The maximum Gasteiger partial charge on any atom is 0.257 e. The number of halogens is 2. The zero-order valence-electron chi connectivity index (χ0n) is 9.69. The lowest BCUT2D eigenvalue weighted by Crippen LogP contribution is -2.12. The first kappa shape index (κ1) is 13.8. The number of carbonyl (C=O) groups is 2. The van der Waals surface area contributed by atoms with Gasteiger partial charge in [0.2, 0.25) is 0 Å². The minimum absolute atomic E-state index is 0.325. The molecule has 19 heavy (non-hydrogen) atoms. The van der Waals surface area contributed by atoms with Gasteiger partial charge in [-0.2, -0.15) is 0 Å². The minimum Gasteiger partial charge on any atom is -0.322 e. The second-order valence-corrected chi connectivity index (χ2v) is 5.03. The van der Waals surface area contributed by atoms with Gasteiger partial charge in [0, 0.05) is 15.7 Å². The fourth-order valence-electron chi connectivity index (χ4n) is 1.57. The Morgan fingerprint density at radius 1 is 1.21 bits per heavy atom. The number of carbonyl (C=O) groups excluding carboxylic acids is 2. The topological polar surface area (TPSA) is 46.2 Å². The molecule has 5 heteroatoms. The highest BCUT2D eigenvalue weighted by Gasteiger charge is 2.12. The predicted molar refractivity (Wildman–Crippen MR) is 78.9 cm³/mol. The summed E-state index contributed by atoms with van der Waals surface area (Å²) in [7, 11) is 0. The number of hydrogen-bond donors (Lipinski definition) is 1. The van der Waals surface area contributed by atoms with Crippen LogP contribution in [-0.4, -0.2) is 12.2 Å². The molecule has 96 valence electrons.